The monoisotopic (exact) mass is 297 g/mol. The molecule has 0 saturated carbocycles. The number of carbonyl (C=O) groups excluding carboxylic acids is 2. The van der Waals surface area contributed by atoms with Gasteiger partial charge in [0.15, 0.2) is 11.6 Å². The lowest BCUT2D eigenvalue weighted by Crippen LogP contribution is -2.37. The van der Waals surface area contributed by atoms with Crippen molar-refractivity contribution >= 4 is 11.9 Å². The number of carbonyl (C=O) groups is 2. The molecule has 114 valence electrons. The predicted molar refractivity (Wildman–Crippen MR) is 73.5 cm³/mol. The van der Waals surface area contributed by atoms with Crippen LogP contribution in [0.25, 0.3) is 0 Å². The zero-order valence-corrected chi connectivity index (χ0v) is 11.8. The molecule has 0 N–H and O–H groups in total. The second-order valence-corrected chi connectivity index (χ2v) is 4.26. The van der Waals surface area contributed by atoms with Crippen LogP contribution in [0.3, 0.4) is 0 Å². The quantitative estimate of drug-likeness (QED) is 0.572. The van der Waals surface area contributed by atoms with Crippen LogP contribution in [0.5, 0.6) is 0 Å². The molecule has 0 heterocycles. The molecule has 21 heavy (non-hydrogen) atoms. The van der Waals surface area contributed by atoms with Crippen LogP contribution in [-0.4, -0.2) is 36.5 Å². The Morgan fingerprint density at radius 1 is 1.38 bits per heavy atom. The van der Waals surface area contributed by atoms with Gasteiger partial charge in [0, 0.05) is 12.1 Å². The Morgan fingerprint density at radius 2 is 2.10 bits per heavy atom. The molecule has 0 bridgehead atoms. The van der Waals surface area contributed by atoms with Gasteiger partial charge in [-0.15, -0.1) is 6.58 Å². The first-order valence-corrected chi connectivity index (χ1v) is 6.46. The summed E-state index contributed by atoms with van der Waals surface area (Å²) in [6.07, 6.45) is 1.11. The van der Waals surface area contributed by atoms with E-state index in [9.17, 15) is 18.4 Å². The van der Waals surface area contributed by atoms with Gasteiger partial charge in [-0.25, -0.2) is 8.78 Å². The van der Waals surface area contributed by atoms with E-state index in [1.165, 1.54) is 23.1 Å². The molecule has 1 amide bonds. The highest BCUT2D eigenvalue weighted by Crippen LogP contribution is 2.13. The minimum Gasteiger partial charge on any atom is -0.465 e. The van der Waals surface area contributed by atoms with E-state index in [1.54, 1.807) is 6.92 Å². The van der Waals surface area contributed by atoms with Gasteiger partial charge in [0.1, 0.15) is 6.54 Å². The van der Waals surface area contributed by atoms with Crippen molar-refractivity contribution in [2.24, 2.45) is 0 Å². The molecule has 6 heteroatoms. The Kier molecular flexibility index (Phi) is 6.52. The van der Waals surface area contributed by atoms with Gasteiger partial charge in [-0.3, -0.25) is 9.59 Å². The normalized spacial score (nSPS) is 10.0. The molecular weight excluding hydrogens is 280 g/mol. The van der Waals surface area contributed by atoms with Gasteiger partial charge in [-0.05, 0) is 13.0 Å². The summed E-state index contributed by atoms with van der Waals surface area (Å²) in [6.45, 7) is 5.21. The highest BCUT2D eigenvalue weighted by molar-refractivity contribution is 5.83. The Morgan fingerprint density at radius 3 is 2.71 bits per heavy atom. The Labute approximate surface area is 122 Å². The van der Waals surface area contributed by atoms with Crippen molar-refractivity contribution < 1.29 is 23.1 Å². The highest BCUT2D eigenvalue weighted by Gasteiger charge is 2.19. The van der Waals surface area contributed by atoms with E-state index >= 15 is 0 Å². The second-order valence-electron chi connectivity index (χ2n) is 4.26. The fourth-order valence-corrected chi connectivity index (χ4v) is 1.73. The minimum atomic E-state index is -1.06. The number of benzene rings is 1. The van der Waals surface area contributed by atoms with Crippen LogP contribution in [-0.2, 0) is 20.7 Å². The van der Waals surface area contributed by atoms with E-state index in [4.69, 9.17) is 4.74 Å². The van der Waals surface area contributed by atoms with E-state index < -0.39 is 23.5 Å². The van der Waals surface area contributed by atoms with Crippen molar-refractivity contribution in [3.8, 4) is 0 Å². The maximum Gasteiger partial charge on any atom is 0.325 e. The first-order valence-electron chi connectivity index (χ1n) is 6.46. The molecule has 0 spiro atoms. The standard InChI is InChI=1S/C15H17F2NO3/c1-3-8-18(10-14(20)21-4-2)13(19)9-11-6-5-7-12(16)15(11)17/h3,5-7H,1,4,8-10H2,2H3. The minimum absolute atomic E-state index is 0.0575. The molecule has 0 aliphatic heterocycles. The fraction of sp³-hybridized carbons (Fsp3) is 0.333. The summed E-state index contributed by atoms with van der Waals surface area (Å²) in [5, 5.41) is 0. The Hall–Kier alpha value is -2.24. The van der Waals surface area contributed by atoms with Gasteiger partial charge >= 0.3 is 5.97 Å². The van der Waals surface area contributed by atoms with Crippen LogP contribution < -0.4 is 0 Å². The smallest absolute Gasteiger partial charge is 0.325 e. The van der Waals surface area contributed by atoms with Crippen molar-refractivity contribution in [3.63, 3.8) is 0 Å². The third-order valence-corrected chi connectivity index (χ3v) is 2.70. The second kappa shape index (κ2) is 8.14. The van der Waals surface area contributed by atoms with E-state index in [1.807, 2.05) is 0 Å². The number of nitrogens with zero attached hydrogens (tertiary/aromatic N) is 1. The Balaban J connectivity index is 2.79. The molecule has 1 aromatic carbocycles. The average molecular weight is 297 g/mol. The number of amides is 1. The lowest BCUT2D eigenvalue weighted by molar-refractivity contribution is -0.148. The molecular formula is C15H17F2NO3. The van der Waals surface area contributed by atoms with Crippen molar-refractivity contribution in [2.45, 2.75) is 13.3 Å². The van der Waals surface area contributed by atoms with E-state index in [0.717, 1.165) is 6.07 Å². The van der Waals surface area contributed by atoms with Gasteiger partial charge < -0.3 is 9.64 Å². The summed E-state index contributed by atoms with van der Waals surface area (Å²) >= 11 is 0. The van der Waals surface area contributed by atoms with Crippen LogP contribution >= 0.6 is 0 Å². The topological polar surface area (TPSA) is 46.6 Å². The average Bonchev–Trinajstić information content (AvgIpc) is 2.43. The van der Waals surface area contributed by atoms with Crippen LogP contribution in [0.15, 0.2) is 30.9 Å². The largest absolute Gasteiger partial charge is 0.465 e. The molecule has 1 aromatic rings. The van der Waals surface area contributed by atoms with E-state index in [-0.39, 0.29) is 31.7 Å². The number of rotatable bonds is 7. The summed E-state index contributed by atoms with van der Waals surface area (Å²) in [6, 6.07) is 3.63. The van der Waals surface area contributed by atoms with Gasteiger partial charge in [0.25, 0.3) is 0 Å². The first kappa shape index (κ1) is 16.8. The third-order valence-electron chi connectivity index (χ3n) is 2.70. The van der Waals surface area contributed by atoms with Crippen molar-refractivity contribution in [1.29, 1.82) is 0 Å². The number of hydrogen-bond donors (Lipinski definition) is 0. The summed E-state index contributed by atoms with van der Waals surface area (Å²) in [7, 11) is 0. The lowest BCUT2D eigenvalue weighted by atomic mass is 10.1. The van der Waals surface area contributed by atoms with Gasteiger partial charge in [0.05, 0.1) is 13.0 Å². The Bertz CT molecular complexity index is 532. The van der Waals surface area contributed by atoms with Gasteiger partial charge in [-0.1, -0.05) is 18.2 Å². The van der Waals surface area contributed by atoms with E-state index in [0.29, 0.717) is 0 Å². The lowest BCUT2D eigenvalue weighted by Gasteiger charge is -2.20. The molecule has 0 atom stereocenters. The maximum absolute atomic E-state index is 13.5. The first-order chi connectivity index (χ1) is 9.99. The molecule has 1 rings (SSSR count). The summed E-state index contributed by atoms with van der Waals surface area (Å²) in [5.74, 6) is -3.14. The fourth-order valence-electron chi connectivity index (χ4n) is 1.73. The zero-order chi connectivity index (χ0) is 15.8. The molecule has 0 fully saturated rings. The molecule has 0 saturated heterocycles. The molecule has 4 nitrogen and oxygen atoms in total. The molecule has 0 aliphatic carbocycles. The van der Waals surface area contributed by atoms with Gasteiger partial charge in [0.2, 0.25) is 5.91 Å². The number of hydrogen-bond acceptors (Lipinski definition) is 3. The number of halogens is 2. The van der Waals surface area contributed by atoms with Crippen LogP contribution in [0.1, 0.15) is 12.5 Å². The summed E-state index contributed by atoms with van der Waals surface area (Å²) in [4.78, 5) is 24.7. The summed E-state index contributed by atoms with van der Waals surface area (Å²) in [5.41, 5.74) is -0.0575. The molecule has 0 unspecified atom stereocenters. The van der Waals surface area contributed by atoms with Crippen LogP contribution in [0.2, 0.25) is 0 Å². The van der Waals surface area contributed by atoms with Crippen molar-refractivity contribution in [3.05, 3.63) is 48.1 Å². The maximum atomic E-state index is 13.5. The van der Waals surface area contributed by atoms with Gasteiger partial charge in [-0.2, -0.15) is 0 Å². The SMILES string of the molecule is C=CCN(CC(=O)OCC)C(=O)Cc1cccc(F)c1F. The summed E-state index contributed by atoms with van der Waals surface area (Å²) < 4.78 is 31.4. The molecule has 0 radical (unpaired) electrons. The van der Waals surface area contributed by atoms with Crippen molar-refractivity contribution in [2.75, 3.05) is 19.7 Å². The van der Waals surface area contributed by atoms with E-state index in [2.05, 4.69) is 6.58 Å². The van der Waals surface area contributed by atoms with Crippen molar-refractivity contribution in [1.82, 2.24) is 4.90 Å². The number of ether oxygens (including phenoxy) is 1. The highest BCUT2D eigenvalue weighted by atomic mass is 19.2. The number of esters is 1. The predicted octanol–water partition coefficient (Wildman–Crippen LogP) is 2.08. The molecule has 0 aromatic heterocycles. The zero-order valence-electron chi connectivity index (χ0n) is 11.8. The molecule has 0 aliphatic rings. The third kappa shape index (κ3) is 4.98. The van der Waals surface area contributed by atoms with Crippen LogP contribution in [0, 0.1) is 11.6 Å². The van der Waals surface area contributed by atoms with Crippen LogP contribution in [0.4, 0.5) is 8.78 Å².